The fourth-order valence-electron chi connectivity index (χ4n) is 1.75. The van der Waals surface area contributed by atoms with Crippen LogP contribution in [0, 0.1) is 0 Å². The van der Waals surface area contributed by atoms with Crippen molar-refractivity contribution in [2.45, 2.75) is 26.3 Å². The van der Waals surface area contributed by atoms with E-state index in [2.05, 4.69) is 10.3 Å². The Bertz CT molecular complexity index is 460. The molecule has 1 aromatic heterocycles. The first-order chi connectivity index (χ1) is 8.95. The van der Waals surface area contributed by atoms with E-state index < -0.39 is 5.97 Å². The number of anilines is 1. The number of nitrogens with zero attached hydrogens (tertiary/aromatic N) is 2. The largest absolute Gasteiger partial charge is 0.481 e. The van der Waals surface area contributed by atoms with Gasteiger partial charge in [-0.15, -0.1) is 0 Å². The zero-order chi connectivity index (χ0) is 14.4. The molecule has 0 aromatic carbocycles. The second kappa shape index (κ2) is 6.72. The molecule has 6 nitrogen and oxygen atoms in total. The quantitative estimate of drug-likeness (QED) is 0.805. The summed E-state index contributed by atoms with van der Waals surface area (Å²) < 4.78 is 0. The molecule has 0 fully saturated rings. The zero-order valence-corrected chi connectivity index (χ0v) is 11.4. The maximum Gasteiger partial charge on any atom is 0.305 e. The summed E-state index contributed by atoms with van der Waals surface area (Å²) in [5.41, 5.74) is 1.12. The summed E-state index contributed by atoms with van der Waals surface area (Å²) in [5, 5.41) is 11.3. The molecule has 2 N–H and O–H groups in total. The first-order valence-electron chi connectivity index (χ1n) is 6.12. The van der Waals surface area contributed by atoms with E-state index in [1.807, 2.05) is 18.7 Å². The van der Waals surface area contributed by atoms with Gasteiger partial charge in [0.1, 0.15) is 5.69 Å². The summed E-state index contributed by atoms with van der Waals surface area (Å²) in [6.07, 6.45) is 1.60. The minimum absolute atomic E-state index is 0.0514. The van der Waals surface area contributed by atoms with Gasteiger partial charge < -0.3 is 15.3 Å². The lowest BCUT2D eigenvalue weighted by molar-refractivity contribution is -0.136. The summed E-state index contributed by atoms with van der Waals surface area (Å²) in [5.74, 6) is -1.10. The number of amides is 1. The van der Waals surface area contributed by atoms with E-state index in [9.17, 15) is 9.59 Å². The average molecular weight is 265 g/mol. The van der Waals surface area contributed by atoms with Crippen LogP contribution in [0.15, 0.2) is 18.3 Å². The summed E-state index contributed by atoms with van der Waals surface area (Å²) in [7, 11) is 1.54. The van der Waals surface area contributed by atoms with Gasteiger partial charge in [0, 0.05) is 31.5 Å². The number of hydrogen-bond acceptors (Lipinski definition) is 4. The maximum atomic E-state index is 11.5. The number of nitrogens with one attached hydrogen (secondary N) is 1. The van der Waals surface area contributed by atoms with Crippen molar-refractivity contribution in [3.8, 4) is 0 Å². The van der Waals surface area contributed by atoms with E-state index in [4.69, 9.17) is 5.11 Å². The first kappa shape index (κ1) is 14.9. The molecular formula is C13H19N3O3. The van der Waals surface area contributed by atoms with Crippen LogP contribution in [0.2, 0.25) is 0 Å². The fourth-order valence-corrected chi connectivity index (χ4v) is 1.75. The van der Waals surface area contributed by atoms with Gasteiger partial charge in [0.05, 0.1) is 6.42 Å². The Hall–Kier alpha value is -2.11. The molecule has 1 heterocycles. The van der Waals surface area contributed by atoms with E-state index in [-0.39, 0.29) is 18.4 Å². The highest BCUT2D eigenvalue weighted by Gasteiger charge is 2.14. The number of pyridine rings is 1. The molecule has 0 aliphatic rings. The Morgan fingerprint density at radius 1 is 1.47 bits per heavy atom. The van der Waals surface area contributed by atoms with Crippen LogP contribution in [0.25, 0.3) is 0 Å². The van der Waals surface area contributed by atoms with Crippen molar-refractivity contribution in [2.24, 2.45) is 0 Å². The van der Waals surface area contributed by atoms with Crippen LogP contribution in [0.3, 0.4) is 0 Å². The lowest BCUT2D eigenvalue weighted by Gasteiger charge is -2.28. The lowest BCUT2D eigenvalue weighted by Crippen LogP contribution is -2.33. The number of carbonyl (C=O) groups is 2. The molecule has 0 atom stereocenters. The van der Waals surface area contributed by atoms with Crippen molar-refractivity contribution >= 4 is 17.6 Å². The van der Waals surface area contributed by atoms with E-state index in [0.29, 0.717) is 12.2 Å². The standard InChI is InChI=1S/C13H19N3O3/c1-9(2)16(7-5-12(17)18)10-4-6-15-11(8-10)13(19)14-3/h4,6,8-9H,5,7H2,1-3H3,(H,14,19)(H,17,18). The van der Waals surface area contributed by atoms with Gasteiger partial charge in [-0.3, -0.25) is 14.6 Å². The van der Waals surface area contributed by atoms with Gasteiger partial charge >= 0.3 is 5.97 Å². The molecule has 19 heavy (non-hydrogen) atoms. The van der Waals surface area contributed by atoms with Crippen LogP contribution >= 0.6 is 0 Å². The highest BCUT2D eigenvalue weighted by Crippen LogP contribution is 2.18. The van der Waals surface area contributed by atoms with Crippen LogP contribution in [0.4, 0.5) is 5.69 Å². The van der Waals surface area contributed by atoms with Gasteiger partial charge in [0.15, 0.2) is 0 Å². The van der Waals surface area contributed by atoms with Gasteiger partial charge in [-0.25, -0.2) is 0 Å². The maximum absolute atomic E-state index is 11.5. The van der Waals surface area contributed by atoms with Crippen LogP contribution in [0.5, 0.6) is 0 Å². The van der Waals surface area contributed by atoms with Crippen molar-refractivity contribution in [3.63, 3.8) is 0 Å². The third-order valence-corrected chi connectivity index (χ3v) is 2.72. The minimum Gasteiger partial charge on any atom is -0.481 e. The molecule has 0 saturated heterocycles. The van der Waals surface area contributed by atoms with Gasteiger partial charge in [-0.1, -0.05) is 0 Å². The van der Waals surface area contributed by atoms with Crippen molar-refractivity contribution in [1.29, 1.82) is 0 Å². The molecule has 0 unspecified atom stereocenters. The normalized spacial score (nSPS) is 10.3. The molecule has 1 amide bonds. The lowest BCUT2D eigenvalue weighted by atomic mass is 10.2. The number of carboxylic acids is 1. The highest BCUT2D eigenvalue weighted by atomic mass is 16.4. The van der Waals surface area contributed by atoms with Crippen LogP contribution in [-0.4, -0.2) is 41.6 Å². The SMILES string of the molecule is CNC(=O)c1cc(N(CCC(=O)O)C(C)C)ccn1. The molecule has 0 radical (unpaired) electrons. The number of carboxylic acid groups (broad SMARTS) is 1. The van der Waals surface area contributed by atoms with E-state index in [1.54, 1.807) is 25.4 Å². The van der Waals surface area contributed by atoms with Gasteiger partial charge in [0.2, 0.25) is 0 Å². The fraction of sp³-hybridized carbons (Fsp3) is 0.462. The molecular weight excluding hydrogens is 246 g/mol. The van der Waals surface area contributed by atoms with Gasteiger partial charge in [-0.2, -0.15) is 0 Å². The predicted octanol–water partition coefficient (Wildman–Crippen LogP) is 1.13. The van der Waals surface area contributed by atoms with Gasteiger partial charge in [-0.05, 0) is 26.0 Å². The Kier molecular flexibility index (Phi) is 5.29. The molecule has 104 valence electrons. The number of aromatic nitrogens is 1. The summed E-state index contributed by atoms with van der Waals surface area (Å²) in [6, 6.07) is 3.58. The van der Waals surface area contributed by atoms with Crippen molar-refractivity contribution in [3.05, 3.63) is 24.0 Å². The predicted molar refractivity (Wildman–Crippen MR) is 72.4 cm³/mol. The Labute approximate surface area is 112 Å². The van der Waals surface area contributed by atoms with Crippen LogP contribution in [-0.2, 0) is 4.79 Å². The summed E-state index contributed by atoms with van der Waals surface area (Å²) in [4.78, 5) is 28.1. The molecule has 0 bridgehead atoms. The zero-order valence-electron chi connectivity index (χ0n) is 11.4. The molecule has 6 heteroatoms. The number of carbonyl (C=O) groups excluding carboxylic acids is 1. The molecule has 0 saturated carbocycles. The molecule has 0 spiro atoms. The van der Waals surface area contributed by atoms with Crippen molar-refractivity contribution < 1.29 is 14.7 Å². The Morgan fingerprint density at radius 2 is 2.16 bits per heavy atom. The summed E-state index contributed by atoms with van der Waals surface area (Å²) >= 11 is 0. The van der Waals surface area contributed by atoms with Gasteiger partial charge in [0.25, 0.3) is 5.91 Å². The number of aliphatic carboxylic acids is 1. The topological polar surface area (TPSA) is 82.5 Å². The monoisotopic (exact) mass is 265 g/mol. The number of rotatable bonds is 6. The Morgan fingerprint density at radius 3 is 2.68 bits per heavy atom. The molecule has 0 aliphatic carbocycles. The average Bonchev–Trinajstić information content (AvgIpc) is 2.37. The van der Waals surface area contributed by atoms with Crippen molar-refractivity contribution in [2.75, 3.05) is 18.5 Å². The smallest absolute Gasteiger partial charge is 0.305 e. The second-order valence-electron chi connectivity index (χ2n) is 4.41. The molecule has 0 aliphatic heterocycles. The minimum atomic E-state index is -0.841. The van der Waals surface area contributed by atoms with Crippen LogP contribution in [0.1, 0.15) is 30.8 Å². The van der Waals surface area contributed by atoms with E-state index in [1.165, 1.54) is 0 Å². The van der Waals surface area contributed by atoms with Crippen LogP contribution < -0.4 is 10.2 Å². The van der Waals surface area contributed by atoms with Crippen molar-refractivity contribution in [1.82, 2.24) is 10.3 Å². The summed E-state index contributed by atoms with van der Waals surface area (Å²) in [6.45, 7) is 4.34. The van der Waals surface area contributed by atoms with E-state index in [0.717, 1.165) is 5.69 Å². The first-order valence-corrected chi connectivity index (χ1v) is 6.12. The number of hydrogen-bond donors (Lipinski definition) is 2. The second-order valence-corrected chi connectivity index (χ2v) is 4.41. The highest BCUT2D eigenvalue weighted by molar-refractivity contribution is 5.92. The third-order valence-electron chi connectivity index (χ3n) is 2.72. The third kappa shape index (κ3) is 4.24. The van der Waals surface area contributed by atoms with E-state index >= 15 is 0 Å². The molecule has 1 aromatic rings. The molecule has 1 rings (SSSR count). The Balaban J connectivity index is 2.96.